The number of carbonyl (C=O) groups is 4. The van der Waals surface area contributed by atoms with Crippen molar-refractivity contribution < 1.29 is 29.4 Å². The van der Waals surface area contributed by atoms with Gasteiger partial charge in [0.15, 0.2) is 0 Å². The highest BCUT2D eigenvalue weighted by atomic mass is 32.2. The van der Waals surface area contributed by atoms with Crippen LogP contribution in [0, 0.1) is 0 Å². The van der Waals surface area contributed by atoms with E-state index in [0.717, 1.165) is 19.3 Å². The van der Waals surface area contributed by atoms with Gasteiger partial charge >= 0.3 is 11.9 Å². The fraction of sp³-hybridized carbons (Fsp3) is 0.789. The summed E-state index contributed by atoms with van der Waals surface area (Å²) in [5.41, 5.74) is 0. The largest absolute Gasteiger partial charge is 0.481 e. The number of hydrogen-bond acceptors (Lipinski definition) is 5. The lowest BCUT2D eigenvalue weighted by molar-refractivity contribution is -0.143. The Bertz CT molecular complexity index is 515. The van der Waals surface area contributed by atoms with Gasteiger partial charge in [0.2, 0.25) is 11.8 Å². The maximum atomic E-state index is 12.1. The van der Waals surface area contributed by atoms with Crippen LogP contribution in [0.5, 0.6) is 0 Å². The Morgan fingerprint density at radius 1 is 0.929 bits per heavy atom. The summed E-state index contributed by atoms with van der Waals surface area (Å²) in [5.74, 6) is -3.35. The Morgan fingerprint density at radius 2 is 1.57 bits per heavy atom. The zero-order valence-electron chi connectivity index (χ0n) is 17.0. The van der Waals surface area contributed by atoms with E-state index in [2.05, 4.69) is 23.8 Å². The van der Waals surface area contributed by atoms with Crippen molar-refractivity contribution in [2.75, 3.05) is 6.26 Å². The summed E-state index contributed by atoms with van der Waals surface area (Å²) in [6, 6.07) is -2.18. The Morgan fingerprint density at radius 3 is 2.11 bits per heavy atom. The van der Waals surface area contributed by atoms with Crippen molar-refractivity contribution >= 4 is 35.5 Å². The number of carboxylic acids is 2. The van der Waals surface area contributed by atoms with Crippen molar-refractivity contribution in [2.24, 2.45) is 0 Å². The molecule has 0 saturated carbocycles. The van der Waals surface area contributed by atoms with E-state index >= 15 is 0 Å². The van der Waals surface area contributed by atoms with Crippen LogP contribution in [0.3, 0.4) is 0 Å². The first-order chi connectivity index (χ1) is 13.2. The minimum atomic E-state index is -1.31. The lowest BCUT2D eigenvalue weighted by atomic mass is 10.1. The van der Waals surface area contributed by atoms with E-state index in [1.165, 1.54) is 26.2 Å². The quantitative estimate of drug-likeness (QED) is 0.283. The molecule has 28 heavy (non-hydrogen) atoms. The van der Waals surface area contributed by atoms with Gasteiger partial charge in [0.1, 0.15) is 12.1 Å². The lowest BCUT2D eigenvalue weighted by Gasteiger charge is -2.18. The minimum absolute atomic E-state index is 0.217. The molecular weight excluding hydrogens is 384 g/mol. The highest BCUT2D eigenvalue weighted by molar-refractivity contribution is 7.99. The van der Waals surface area contributed by atoms with E-state index in [9.17, 15) is 19.2 Å². The van der Waals surface area contributed by atoms with E-state index in [4.69, 9.17) is 10.2 Å². The second kappa shape index (κ2) is 15.2. The van der Waals surface area contributed by atoms with Crippen molar-refractivity contribution in [1.29, 1.82) is 0 Å². The normalized spacial score (nSPS) is 14.0. The van der Waals surface area contributed by atoms with Gasteiger partial charge in [0.05, 0.1) is 0 Å². The van der Waals surface area contributed by atoms with Crippen LogP contribution in [0.4, 0.5) is 0 Å². The van der Waals surface area contributed by atoms with Crippen LogP contribution in [0.2, 0.25) is 0 Å². The molecule has 0 rings (SSSR count). The van der Waals surface area contributed by atoms with Crippen molar-refractivity contribution in [3.8, 4) is 0 Å². The molecule has 3 unspecified atom stereocenters. The second-order valence-electron chi connectivity index (χ2n) is 6.87. The van der Waals surface area contributed by atoms with Crippen LogP contribution in [-0.4, -0.2) is 57.6 Å². The second-order valence-corrected chi connectivity index (χ2v) is 8.00. The van der Waals surface area contributed by atoms with E-state index in [1.807, 2.05) is 11.8 Å². The molecule has 0 aliphatic carbocycles. The van der Waals surface area contributed by atoms with E-state index in [1.54, 1.807) is 0 Å². The van der Waals surface area contributed by atoms with Gasteiger partial charge in [-0.15, -0.1) is 0 Å². The molecule has 3 atom stereocenters. The van der Waals surface area contributed by atoms with Crippen LogP contribution in [0.25, 0.3) is 0 Å². The maximum Gasteiger partial charge on any atom is 0.326 e. The zero-order valence-corrected chi connectivity index (χ0v) is 17.8. The van der Waals surface area contributed by atoms with Crippen molar-refractivity contribution in [3.05, 3.63) is 0 Å². The number of carbonyl (C=O) groups excluding carboxylic acids is 2. The summed E-state index contributed by atoms with van der Waals surface area (Å²) in [6.07, 6.45) is 8.16. The van der Waals surface area contributed by atoms with Crippen LogP contribution < -0.4 is 10.6 Å². The zero-order chi connectivity index (χ0) is 21.5. The summed E-state index contributed by atoms with van der Waals surface area (Å²) in [7, 11) is 0. The molecule has 0 bridgehead atoms. The van der Waals surface area contributed by atoms with Crippen LogP contribution in [0.15, 0.2) is 0 Å². The summed E-state index contributed by atoms with van der Waals surface area (Å²) in [6.45, 7) is 3.64. The molecule has 0 heterocycles. The predicted molar refractivity (Wildman–Crippen MR) is 109 cm³/mol. The number of amides is 2. The number of carboxylic acid groups (broad SMARTS) is 2. The third-order valence-corrected chi connectivity index (χ3v) is 5.56. The van der Waals surface area contributed by atoms with Gasteiger partial charge in [-0.1, -0.05) is 26.2 Å². The predicted octanol–water partition coefficient (Wildman–Crippen LogP) is 2.41. The highest BCUT2D eigenvalue weighted by Gasteiger charge is 2.24. The molecule has 2 amide bonds. The van der Waals surface area contributed by atoms with E-state index in [-0.39, 0.29) is 18.7 Å². The van der Waals surface area contributed by atoms with Crippen molar-refractivity contribution in [3.63, 3.8) is 0 Å². The smallest absolute Gasteiger partial charge is 0.326 e. The summed E-state index contributed by atoms with van der Waals surface area (Å²) < 4.78 is 0. The maximum absolute atomic E-state index is 12.1. The van der Waals surface area contributed by atoms with Gasteiger partial charge in [-0.25, -0.2) is 4.79 Å². The molecule has 0 saturated heterocycles. The highest BCUT2D eigenvalue weighted by Crippen LogP contribution is 2.20. The number of aliphatic carboxylic acids is 2. The van der Waals surface area contributed by atoms with E-state index in [0.29, 0.717) is 11.7 Å². The third kappa shape index (κ3) is 12.6. The Labute approximate surface area is 171 Å². The third-order valence-electron chi connectivity index (χ3n) is 4.43. The minimum Gasteiger partial charge on any atom is -0.481 e. The molecule has 0 aliphatic rings. The van der Waals surface area contributed by atoms with Crippen LogP contribution >= 0.6 is 11.8 Å². The van der Waals surface area contributed by atoms with E-state index < -0.39 is 29.9 Å². The average molecular weight is 419 g/mol. The molecule has 0 spiro atoms. The first-order valence-electron chi connectivity index (χ1n) is 9.78. The van der Waals surface area contributed by atoms with Crippen molar-refractivity contribution in [2.45, 2.75) is 89.0 Å². The number of rotatable bonds is 16. The SMILES string of the molecule is CCCCC(CCCCC(=O)NC(C)C(=O)NC(CCC(=O)O)C(=O)O)SC. The molecule has 8 nitrogen and oxygen atoms in total. The molecule has 0 aromatic carbocycles. The van der Waals surface area contributed by atoms with Gasteiger partial charge in [0.25, 0.3) is 0 Å². The molecular formula is C19H34N2O6S. The molecule has 0 fully saturated rings. The van der Waals surface area contributed by atoms with Crippen LogP contribution in [-0.2, 0) is 19.2 Å². The van der Waals surface area contributed by atoms with Gasteiger partial charge < -0.3 is 20.8 Å². The van der Waals surface area contributed by atoms with Gasteiger partial charge in [-0.05, 0) is 38.9 Å². The fourth-order valence-corrected chi connectivity index (χ4v) is 3.48. The molecule has 0 radical (unpaired) electrons. The number of thioether (sulfide) groups is 1. The van der Waals surface area contributed by atoms with Crippen molar-refractivity contribution in [1.82, 2.24) is 10.6 Å². The summed E-state index contributed by atoms with van der Waals surface area (Å²) in [5, 5.41) is 23.1. The molecule has 162 valence electrons. The lowest BCUT2D eigenvalue weighted by Crippen LogP contribution is -2.50. The molecule has 9 heteroatoms. The topological polar surface area (TPSA) is 133 Å². The monoisotopic (exact) mass is 418 g/mol. The molecule has 0 aromatic rings. The number of nitrogens with one attached hydrogen (secondary N) is 2. The fourth-order valence-electron chi connectivity index (χ4n) is 2.67. The summed E-state index contributed by atoms with van der Waals surface area (Å²) in [4.78, 5) is 45.7. The van der Waals surface area contributed by atoms with Gasteiger partial charge in [-0.3, -0.25) is 14.4 Å². The van der Waals surface area contributed by atoms with Gasteiger partial charge in [0, 0.05) is 18.1 Å². The standard InChI is InChI=1S/C19H34N2O6S/c1-4-5-8-14(28-3)9-6-7-10-16(22)20-13(2)18(25)21-15(19(26)27)11-12-17(23)24/h13-15H,4-12H2,1-3H3,(H,20,22)(H,21,25)(H,23,24)(H,26,27). The summed E-state index contributed by atoms with van der Waals surface area (Å²) >= 11 is 1.86. The Kier molecular flexibility index (Phi) is 14.2. The van der Waals surface area contributed by atoms with Crippen LogP contribution in [0.1, 0.15) is 71.6 Å². The first kappa shape index (κ1) is 26.2. The molecule has 0 aromatic heterocycles. The Hall–Kier alpha value is -1.77. The first-order valence-corrected chi connectivity index (χ1v) is 11.1. The van der Waals surface area contributed by atoms with Gasteiger partial charge in [-0.2, -0.15) is 11.8 Å². The number of unbranched alkanes of at least 4 members (excludes halogenated alkanes) is 2. The number of hydrogen-bond donors (Lipinski definition) is 4. The average Bonchev–Trinajstić information content (AvgIpc) is 2.63. The molecule has 0 aliphatic heterocycles. The molecule has 4 N–H and O–H groups in total. The Balaban J connectivity index is 4.21.